The van der Waals surface area contributed by atoms with Crippen molar-refractivity contribution >= 4 is 15.7 Å². The molecule has 0 saturated carbocycles. The molecule has 1 aromatic rings. The van der Waals surface area contributed by atoms with Crippen LogP contribution >= 0.6 is 0 Å². The molecule has 0 bridgehead atoms. The average Bonchev–Trinajstić information content (AvgIpc) is 2.27. The van der Waals surface area contributed by atoms with Gasteiger partial charge in [-0.15, -0.1) is 0 Å². The molecule has 1 aromatic carbocycles. The third-order valence-corrected chi connectivity index (χ3v) is 3.68. The number of unbranched alkanes of at least 4 members (excludes halogenated alkanes) is 2. The van der Waals surface area contributed by atoms with Crippen molar-refractivity contribution in [3.05, 3.63) is 17.7 Å². The zero-order valence-electron chi connectivity index (χ0n) is 10.8. The molecule has 0 radical (unpaired) electrons. The van der Waals surface area contributed by atoms with E-state index in [-0.39, 0.29) is 4.90 Å². The highest BCUT2D eigenvalue weighted by Gasteiger charge is 2.16. The number of hydrogen-bond donors (Lipinski definition) is 2. The Balaban J connectivity index is 2.96. The standard InChI is InChI=1S/C12H20N2O3S/c1-3-4-5-6-17-11-7-10(13)8-12(9(11)2)18(14,15)16/h7-8H,3-6,13H2,1-2H3,(H2,14,15,16). The van der Waals surface area contributed by atoms with Crippen LogP contribution in [0.4, 0.5) is 5.69 Å². The molecule has 0 aliphatic heterocycles. The number of anilines is 1. The summed E-state index contributed by atoms with van der Waals surface area (Å²) in [5.41, 5.74) is 6.49. The zero-order valence-corrected chi connectivity index (χ0v) is 11.6. The summed E-state index contributed by atoms with van der Waals surface area (Å²) in [4.78, 5) is 0.0213. The number of hydrogen-bond acceptors (Lipinski definition) is 4. The lowest BCUT2D eigenvalue weighted by atomic mass is 10.2. The topological polar surface area (TPSA) is 95.4 Å². The first kappa shape index (κ1) is 14.8. The van der Waals surface area contributed by atoms with E-state index in [2.05, 4.69) is 6.92 Å². The van der Waals surface area contributed by atoms with Gasteiger partial charge in [0.1, 0.15) is 5.75 Å². The molecule has 0 saturated heterocycles. The fourth-order valence-electron chi connectivity index (χ4n) is 1.66. The van der Waals surface area contributed by atoms with E-state index in [9.17, 15) is 8.42 Å². The molecule has 5 nitrogen and oxygen atoms in total. The summed E-state index contributed by atoms with van der Waals surface area (Å²) in [6, 6.07) is 2.97. The maximum Gasteiger partial charge on any atom is 0.238 e. The summed E-state index contributed by atoms with van der Waals surface area (Å²) in [7, 11) is -3.77. The first-order valence-electron chi connectivity index (χ1n) is 5.92. The lowest BCUT2D eigenvalue weighted by Gasteiger charge is -2.12. The minimum atomic E-state index is -3.77. The molecule has 6 heteroatoms. The lowest BCUT2D eigenvalue weighted by molar-refractivity contribution is 0.303. The van der Waals surface area contributed by atoms with Gasteiger partial charge in [-0.3, -0.25) is 0 Å². The maximum absolute atomic E-state index is 11.4. The number of sulfonamides is 1. The molecule has 0 unspecified atom stereocenters. The van der Waals surface area contributed by atoms with Gasteiger partial charge in [-0.25, -0.2) is 13.6 Å². The van der Waals surface area contributed by atoms with E-state index < -0.39 is 10.0 Å². The molecule has 18 heavy (non-hydrogen) atoms. The Morgan fingerprint density at radius 3 is 2.50 bits per heavy atom. The van der Waals surface area contributed by atoms with E-state index in [1.807, 2.05) is 0 Å². The van der Waals surface area contributed by atoms with Gasteiger partial charge in [0, 0.05) is 17.3 Å². The summed E-state index contributed by atoms with van der Waals surface area (Å²) < 4.78 is 28.4. The van der Waals surface area contributed by atoms with E-state index >= 15 is 0 Å². The molecule has 0 fully saturated rings. The molecule has 0 aliphatic rings. The number of nitrogen functional groups attached to an aromatic ring is 1. The van der Waals surface area contributed by atoms with Gasteiger partial charge in [0.05, 0.1) is 11.5 Å². The summed E-state index contributed by atoms with van der Waals surface area (Å²) in [5.74, 6) is 0.482. The average molecular weight is 272 g/mol. The SMILES string of the molecule is CCCCCOc1cc(N)cc(S(N)(=O)=O)c1C. The second-order valence-electron chi connectivity index (χ2n) is 4.24. The van der Waals surface area contributed by atoms with Crippen molar-refractivity contribution in [1.29, 1.82) is 0 Å². The monoisotopic (exact) mass is 272 g/mol. The minimum absolute atomic E-state index is 0.0213. The van der Waals surface area contributed by atoms with Gasteiger partial charge in [0.15, 0.2) is 0 Å². The highest BCUT2D eigenvalue weighted by Crippen LogP contribution is 2.28. The molecule has 4 N–H and O–H groups in total. The second-order valence-corrected chi connectivity index (χ2v) is 5.77. The van der Waals surface area contributed by atoms with E-state index in [0.29, 0.717) is 23.6 Å². The van der Waals surface area contributed by atoms with Crippen LogP contribution in [0.25, 0.3) is 0 Å². The summed E-state index contributed by atoms with van der Waals surface area (Å²) in [6.45, 7) is 4.31. The molecule has 0 spiro atoms. The minimum Gasteiger partial charge on any atom is -0.493 e. The molecular formula is C12H20N2O3S. The van der Waals surface area contributed by atoms with Gasteiger partial charge >= 0.3 is 0 Å². The van der Waals surface area contributed by atoms with Crippen LogP contribution in [0.1, 0.15) is 31.7 Å². The number of rotatable bonds is 6. The van der Waals surface area contributed by atoms with E-state index in [1.54, 1.807) is 13.0 Å². The van der Waals surface area contributed by atoms with Crippen LogP contribution in [0.15, 0.2) is 17.0 Å². The van der Waals surface area contributed by atoms with Gasteiger partial charge in [-0.05, 0) is 19.4 Å². The normalized spacial score (nSPS) is 11.5. The van der Waals surface area contributed by atoms with Crippen molar-refractivity contribution in [2.24, 2.45) is 5.14 Å². The van der Waals surface area contributed by atoms with E-state index in [4.69, 9.17) is 15.6 Å². The van der Waals surface area contributed by atoms with Crippen molar-refractivity contribution in [1.82, 2.24) is 0 Å². The van der Waals surface area contributed by atoms with Crippen LogP contribution in [-0.4, -0.2) is 15.0 Å². The Kier molecular flexibility index (Phi) is 4.98. The quantitative estimate of drug-likeness (QED) is 0.609. The smallest absolute Gasteiger partial charge is 0.238 e. The summed E-state index contributed by atoms with van der Waals surface area (Å²) in [6.07, 6.45) is 3.10. The van der Waals surface area contributed by atoms with Crippen molar-refractivity contribution in [2.75, 3.05) is 12.3 Å². The largest absolute Gasteiger partial charge is 0.493 e. The van der Waals surface area contributed by atoms with Crippen LogP contribution in [0.3, 0.4) is 0 Å². The number of primary sulfonamides is 1. The second kappa shape index (κ2) is 6.06. The Labute approximate surface area is 108 Å². The maximum atomic E-state index is 11.4. The summed E-state index contributed by atoms with van der Waals surface area (Å²) in [5, 5.41) is 5.13. The molecule has 0 atom stereocenters. The van der Waals surface area contributed by atoms with Gasteiger partial charge in [-0.1, -0.05) is 19.8 Å². The van der Waals surface area contributed by atoms with Crippen LogP contribution in [0, 0.1) is 6.92 Å². The summed E-state index contributed by atoms with van der Waals surface area (Å²) >= 11 is 0. The predicted molar refractivity (Wildman–Crippen MR) is 72.0 cm³/mol. The van der Waals surface area contributed by atoms with Crippen molar-refractivity contribution < 1.29 is 13.2 Å². The van der Waals surface area contributed by atoms with Gasteiger partial charge in [0.25, 0.3) is 0 Å². The van der Waals surface area contributed by atoms with Gasteiger partial charge in [-0.2, -0.15) is 0 Å². The highest BCUT2D eigenvalue weighted by molar-refractivity contribution is 7.89. The molecule has 0 aromatic heterocycles. The fourth-order valence-corrected chi connectivity index (χ4v) is 2.49. The molecular weight excluding hydrogens is 252 g/mol. The van der Waals surface area contributed by atoms with Crippen LogP contribution < -0.4 is 15.6 Å². The Hall–Kier alpha value is -1.27. The van der Waals surface area contributed by atoms with Crippen molar-refractivity contribution in [3.8, 4) is 5.75 Å². The fraction of sp³-hybridized carbons (Fsp3) is 0.500. The van der Waals surface area contributed by atoms with Gasteiger partial charge in [0.2, 0.25) is 10.0 Å². The van der Waals surface area contributed by atoms with Crippen LogP contribution in [0.2, 0.25) is 0 Å². The first-order valence-corrected chi connectivity index (χ1v) is 7.46. The lowest BCUT2D eigenvalue weighted by Crippen LogP contribution is -2.15. The third-order valence-electron chi connectivity index (χ3n) is 2.65. The number of benzene rings is 1. The predicted octanol–water partition coefficient (Wildman–Crippen LogP) is 1.79. The molecule has 0 amide bonds. The number of nitrogens with two attached hydrogens (primary N) is 2. The van der Waals surface area contributed by atoms with Crippen LogP contribution in [0.5, 0.6) is 5.75 Å². The van der Waals surface area contributed by atoms with Crippen molar-refractivity contribution in [3.63, 3.8) is 0 Å². The zero-order chi connectivity index (χ0) is 13.8. The molecule has 102 valence electrons. The Morgan fingerprint density at radius 1 is 1.28 bits per heavy atom. The number of ether oxygens (including phenoxy) is 1. The molecule has 0 aliphatic carbocycles. The third kappa shape index (κ3) is 3.89. The first-order chi connectivity index (χ1) is 8.36. The Bertz CT molecular complexity index is 512. The molecule has 0 heterocycles. The molecule has 1 rings (SSSR count). The van der Waals surface area contributed by atoms with Crippen LogP contribution in [-0.2, 0) is 10.0 Å². The Morgan fingerprint density at radius 2 is 1.94 bits per heavy atom. The van der Waals surface area contributed by atoms with Crippen molar-refractivity contribution in [2.45, 2.75) is 38.0 Å². The van der Waals surface area contributed by atoms with E-state index in [0.717, 1.165) is 19.3 Å². The highest BCUT2D eigenvalue weighted by atomic mass is 32.2. The van der Waals surface area contributed by atoms with Gasteiger partial charge < -0.3 is 10.5 Å². The van der Waals surface area contributed by atoms with E-state index in [1.165, 1.54) is 6.07 Å².